The lowest BCUT2D eigenvalue weighted by atomic mass is 9.73. The summed E-state index contributed by atoms with van der Waals surface area (Å²) in [6.45, 7) is 12.1. The van der Waals surface area contributed by atoms with Crippen LogP contribution < -0.4 is 5.73 Å². The number of ketones is 3. The van der Waals surface area contributed by atoms with Crippen LogP contribution in [-0.4, -0.2) is 51.0 Å². The van der Waals surface area contributed by atoms with E-state index in [9.17, 15) is 24.0 Å². The lowest BCUT2D eigenvalue weighted by Crippen LogP contribution is -2.48. The summed E-state index contributed by atoms with van der Waals surface area (Å²) in [7, 11) is 0. The molecule has 4 atom stereocenters. The number of rotatable bonds is 11. The van der Waals surface area contributed by atoms with E-state index in [0.717, 1.165) is 38.5 Å². The van der Waals surface area contributed by atoms with Crippen molar-refractivity contribution in [2.24, 2.45) is 45.1 Å². The molecule has 0 bridgehead atoms. The van der Waals surface area contributed by atoms with Crippen molar-refractivity contribution >= 4 is 52.4 Å². The highest BCUT2D eigenvalue weighted by Crippen LogP contribution is 2.87. The molecule has 0 radical (unpaired) electrons. The number of hydrogen-bond acceptors (Lipinski definition) is 5. The summed E-state index contributed by atoms with van der Waals surface area (Å²) in [4.78, 5) is 67.8. The number of fused-ring (bicyclic) bond motifs is 1. The van der Waals surface area contributed by atoms with E-state index in [0.29, 0.717) is 25.2 Å². The highest BCUT2D eigenvalue weighted by molar-refractivity contribution is 6.52. The van der Waals surface area contributed by atoms with Gasteiger partial charge in [0.1, 0.15) is 10.1 Å². The van der Waals surface area contributed by atoms with E-state index in [2.05, 4.69) is 0 Å². The van der Waals surface area contributed by atoms with Gasteiger partial charge in [-0.2, -0.15) is 0 Å². The Kier molecular flexibility index (Phi) is 8.63. The number of primary amides is 1. The number of amides is 2. The van der Waals surface area contributed by atoms with Gasteiger partial charge in [-0.1, -0.05) is 67.2 Å². The minimum Gasteiger partial charge on any atom is -0.363 e. The van der Waals surface area contributed by atoms with E-state index in [1.165, 1.54) is 0 Å². The lowest BCUT2D eigenvalue weighted by Gasteiger charge is -2.36. The maximum atomic E-state index is 14.4. The molecular weight excluding hydrogens is 563 g/mol. The quantitative estimate of drug-likeness (QED) is 0.234. The number of hydrogen-bond donors (Lipinski definition) is 1. The Morgan fingerprint density at radius 2 is 1.54 bits per heavy atom. The summed E-state index contributed by atoms with van der Waals surface area (Å²) in [5, 5.41) is 0. The zero-order valence-corrected chi connectivity index (χ0v) is 27.1. The molecule has 3 aliphatic carbocycles. The van der Waals surface area contributed by atoms with Gasteiger partial charge in [0.15, 0.2) is 5.78 Å². The molecule has 2 spiro atoms. The molecule has 230 valence electrons. The first kappa shape index (κ1) is 32.4. The normalized spacial score (nSPS) is 28.1. The molecule has 1 heterocycles. The zero-order chi connectivity index (χ0) is 30.8. The molecule has 2 N–H and O–H groups in total. The maximum absolute atomic E-state index is 14.4. The molecule has 1 aliphatic heterocycles. The van der Waals surface area contributed by atoms with Crippen LogP contribution in [0.3, 0.4) is 0 Å². The molecule has 2 amide bonds. The number of nitrogens with zero attached hydrogens (tertiary/aromatic N) is 1. The fourth-order valence-electron chi connectivity index (χ4n) is 7.91. The number of carbonyl (C=O) groups is 5. The second-order valence-electron chi connectivity index (χ2n) is 15.8. The van der Waals surface area contributed by atoms with Crippen LogP contribution in [0.5, 0.6) is 0 Å². The molecule has 4 fully saturated rings. The Morgan fingerprint density at radius 3 is 1.95 bits per heavy atom. The number of nitrogens with two attached hydrogens (primary N) is 1. The third-order valence-electron chi connectivity index (χ3n) is 10.7. The first-order valence-corrected chi connectivity index (χ1v) is 16.1. The third kappa shape index (κ3) is 5.75. The summed E-state index contributed by atoms with van der Waals surface area (Å²) >= 11 is 13.9. The summed E-state index contributed by atoms with van der Waals surface area (Å²) < 4.78 is -1.04. The van der Waals surface area contributed by atoms with Gasteiger partial charge in [-0.05, 0) is 42.4 Å². The fourth-order valence-corrected chi connectivity index (χ4v) is 9.19. The van der Waals surface area contributed by atoms with Crippen LogP contribution in [-0.2, 0) is 24.0 Å². The number of Topliss-reactive ketones (excluding diaryl/α,β-unsaturated/α-hetero) is 3. The molecule has 0 aromatic carbocycles. The summed E-state index contributed by atoms with van der Waals surface area (Å²) in [6, 6.07) is -0.813. The molecule has 7 nitrogen and oxygen atoms in total. The lowest BCUT2D eigenvalue weighted by molar-refractivity contribution is -0.147. The van der Waals surface area contributed by atoms with Gasteiger partial charge in [-0.3, -0.25) is 24.0 Å². The van der Waals surface area contributed by atoms with Crippen LogP contribution >= 0.6 is 23.2 Å². The van der Waals surface area contributed by atoms with Crippen molar-refractivity contribution in [2.75, 3.05) is 6.54 Å². The molecular formula is C32H48Cl2N2O5. The van der Waals surface area contributed by atoms with E-state index >= 15 is 0 Å². The van der Waals surface area contributed by atoms with E-state index in [4.69, 9.17) is 28.9 Å². The van der Waals surface area contributed by atoms with Crippen molar-refractivity contribution in [1.29, 1.82) is 0 Å². The number of halogens is 2. The predicted molar refractivity (Wildman–Crippen MR) is 159 cm³/mol. The second kappa shape index (κ2) is 10.9. The van der Waals surface area contributed by atoms with Gasteiger partial charge in [-0.25, -0.2) is 0 Å². The van der Waals surface area contributed by atoms with E-state index in [-0.39, 0.29) is 47.7 Å². The van der Waals surface area contributed by atoms with Crippen LogP contribution in [0.15, 0.2) is 0 Å². The van der Waals surface area contributed by atoms with Crippen molar-refractivity contribution in [3.63, 3.8) is 0 Å². The standard InChI is InChI=1S/C32H48Cl2N2O5/c1-28(2,3)16-21(37)15-22(29(4,5)6)27(41)36-18-31(30(11-8-12-30)32(31,33)34)17-23(36)24(38)14-20(25(39)26(35)40)13-19-9-7-10-19/h19-20,22-23H,7-18H2,1-6H3,(H2,35,40)/t20?,22-,23+,31+/m1/s1. The largest absolute Gasteiger partial charge is 0.363 e. The Hall–Kier alpha value is -1.47. The molecule has 41 heavy (non-hydrogen) atoms. The van der Waals surface area contributed by atoms with E-state index in [1.807, 2.05) is 41.5 Å². The van der Waals surface area contributed by atoms with Gasteiger partial charge < -0.3 is 10.6 Å². The average Bonchev–Trinajstić information content (AvgIpc) is 3.01. The van der Waals surface area contributed by atoms with Crippen molar-refractivity contribution in [2.45, 2.75) is 123 Å². The van der Waals surface area contributed by atoms with Crippen LogP contribution in [0, 0.1) is 39.4 Å². The van der Waals surface area contributed by atoms with Gasteiger partial charge in [0, 0.05) is 48.5 Å². The van der Waals surface area contributed by atoms with Gasteiger partial charge in [0.2, 0.25) is 11.7 Å². The highest BCUT2D eigenvalue weighted by Gasteiger charge is 2.89. The first-order chi connectivity index (χ1) is 18.8. The van der Waals surface area contributed by atoms with Crippen molar-refractivity contribution in [3.8, 4) is 0 Å². The number of alkyl halides is 2. The SMILES string of the molecule is CC(C)(C)CC(=O)C[C@H](C(=O)N1C[C@]2(C[C@H]1C(=O)CC(CC1CCC1)C(=O)C(N)=O)C(Cl)(Cl)C21CCC1)C(C)(C)C. The molecule has 0 aromatic rings. The van der Waals surface area contributed by atoms with Crippen LogP contribution in [0.2, 0.25) is 0 Å². The smallest absolute Gasteiger partial charge is 0.285 e. The Bertz CT molecular complexity index is 1110. The molecule has 1 unspecified atom stereocenters. The minimum absolute atomic E-state index is 0.0149. The van der Waals surface area contributed by atoms with Crippen LogP contribution in [0.25, 0.3) is 0 Å². The monoisotopic (exact) mass is 610 g/mol. The first-order valence-electron chi connectivity index (χ1n) is 15.3. The third-order valence-corrected chi connectivity index (χ3v) is 12.1. The van der Waals surface area contributed by atoms with E-state index in [1.54, 1.807) is 4.90 Å². The predicted octanol–water partition coefficient (Wildman–Crippen LogP) is 5.81. The summed E-state index contributed by atoms with van der Waals surface area (Å²) in [5.41, 5.74) is 3.71. The topological polar surface area (TPSA) is 115 Å². The highest BCUT2D eigenvalue weighted by atomic mass is 35.5. The van der Waals surface area contributed by atoms with Gasteiger partial charge in [0.25, 0.3) is 5.91 Å². The van der Waals surface area contributed by atoms with Gasteiger partial charge >= 0.3 is 0 Å². The minimum atomic E-state index is -1.04. The fraction of sp³-hybridized carbons (Fsp3) is 0.844. The van der Waals surface area contributed by atoms with Gasteiger partial charge in [0.05, 0.1) is 6.04 Å². The molecule has 4 aliphatic rings. The summed E-state index contributed by atoms with van der Waals surface area (Å²) in [6.07, 6.45) is 6.78. The Morgan fingerprint density at radius 1 is 0.927 bits per heavy atom. The van der Waals surface area contributed by atoms with Gasteiger partial charge in [-0.15, -0.1) is 23.2 Å². The van der Waals surface area contributed by atoms with Crippen molar-refractivity contribution < 1.29 is 24.0 Å². The van der Waals surface area contributed by atoms with Crippen molar-refractivity contribution in [1.82, 2.24) is 4.90 Å². The van der Waals surface area contributed by atoms with Crippen LogP contribution in [0.4, 0.5) is 0 Å². The second-order valence-corrected chi connectivity index (χ2v) is 17.1. The number of carbonyl (C=O) groups excluding carboxylic acids is 5. The maximum Gasteiger partial charge on any atom is 0.285 e. The molecule has 3 saturated carbocycles. The average molecular weight is 612 g/mol. The molecule has 9 heteroatoms. The molecule has 4 rings (SSSR count). The van der Waals surface area contributed by atoms with E-state index < -0.39 is 44.7 Å². The number of likely N-dealkylation sites (tertiary alicyclic amines) is 1. The molecule has 1 saturated heterocycles. The Labute approximate surface area is 255 Å². The molecule has 0 aromatic heterocycles. The summed E-state index contributed by atoms with van der Waals surface area (Å²) in [5.74, 6) is -3.35. The van der Waals surface area contributed by atoms with Crippen molar-refractivity contribution in [3.05, 3.63) is 0 Å². The van der Waals surface area contributed by atoms with Crippen LogP contribution in [0.1, 0.15) is 112 Å². The Balaban J connectivity index is 1.63. The zero-order valence-electron chi connectivity index (χ0n) is 25.6.